The highest BCUT2D eigenvalue weighted by molar-refractivity contribution is 5.78. The molecule has 0 bridgehead atoms. The van der Waals surface area contributed by atoms with Gasteiger partial charge in [0.25, 0.3) is 0 Å². The van der Waals surface area contributed by atoms with E-state index < -0.39 is 0 Å². The molecule has 3 rings (SSSR count). The van der Waals surface area contributed by atoms with Crippen LogP contribution in [0, 0.1) is 5.92 Å². The van der Waals surface area contributed by atoms with Crippen LogP contribution in [0.25, 0.3) is 0 Å². The van der Waals surface area contributed by atoms with Gasteiger partial charge in [-0.1, -0.05) is 27.7 Å². The van der Waals surface area contributed by atoms with Crippen molar-refractivity contribution in [2.45, 2.75) is 59.2 Å². The van der Waals surface area contributed by atoms with Crippen molar-refractivity contribution in [1.29, 1.82) is 0 Å². The van der Waals surface area contributed by atoms with Gasteiger partial charge in [-0.15, -0.1) is 0 Å². The Bertz CT molecular complexity index is 642. The van der Waals surface area contributed by atoms with Crippen molar-refractivity contribution < 1.29 is 4.79 Å². The van der Waals surface area contributed by atoms with Crippen LogP contribution in [0.2, 0.25) is 0 Å². The van der Waals surface area contributed by atoms with Gasteiger partial charge in [-0.2, -0.15) is 0 Å². The summed E-state index contributed by atoms with van der Waals surface area (Å²) in [4.78, 5) is 30.9. The third kappa shape index (κ3) is 5.25. The first-order valence-electron chi connectivity index (χ1n) is 11.2. The maximum atomic E-state index is 12.2. The van der Waals surface area contributed by atoms with Gasteiger partial charge < -0.3 is 14.7 Å². The number of hydrogen-bond donors (Lipinski definition) is 0. The van der Waals surface area contributed by atoms with Crippen LogP contribution in [0.1, 0.15) is 46.1 Å². The molecule has 1 amide bonds. The molecule has 7 nitrogen and oxygen atoms in total. The maximum absolute atomic E-state index is 12.2. The predicted octanol–water partition coefficient (Wildman–Crippen LogP) is 2.09. The number of nitrogens with zero attached hydrogens (tertiary/aromatic N) is 6. The van der Waals surface area contributed by atoms with Crippen molar-refractivity contribution in [3.05, 3.63) is 18.0 Å². The fourth-order valence-corrected chi connectivity index (χ4v) is 4.56. The third-order valence-electron chi connectivity index (χ3n) is 6.28. The number of rotatable bonds is 6. The molecule has 1 aromatic heterocycles. The summed E-state index contributed by atoms with van der Waals surface area (Å²) in [6, 6.07) is 0.937. The molecule has 2 unspecified atom stereocenters. The molecule has 7 heteroatoms. The molecular weight excluding hydrogens is 364 g/mol. The molecule has 1 aromatic rings. The van der Waals surface area contributed by atoms with Crippen LogP contribution in [-0.4, -0.2) is 89.0 Å². The number of likely N-dealkylation sites (N-methyl/N-ethyl adjacent to an activating group) is 1. The number of anilines is 1. The summed E-state index contributed by atoms with van der Waals surface area (Å²) >= 11 is 0. The predicted molar refractivity (Wildman–Crippen MR) is 117 cm³/mol. The van der Waals surface area contributed by atoms with Crippen LogP contribution in [0.3, 0.4) is 0 Å². The summed E-state index contributed by atoms with van der Waals surface area (Å²) in [5.74, 6) is 1.21. The van der Waals surface area contributed by atoms with Crippen LogP contribution in [0.5, 0.6) is 0 Å². The van der Waals surface area contributed by atoms with Gasteiger partial charge in [0, 0.05) is 81.8 Å². The fourth-order valence-electron chi connectivity index (χ4n) is 4.56. The van der Waals surface area contributed by atoms with E-state index in [9.17, 15) is 4.79 Å². The van der Waals surface area contributed by atoms with Crippen molar-refractivity contribution in [1.82, 2.24) is 24.7 Å². The summed E-state index contributed by atoms with van der Waals surface area (Å²) in [6.45, 7) is 14.9. The van der Waals surface area contributed by atoms with Gasteiger partial charge in [-0.3, -0.25) is 9.69 Å². The summed E-state index contributed by atoms with van der Waals surface area (Å²) < 4.78 is 0. The first kappa shape index (κ1) is 22.0. The minimum atomic E-state index is 0.0796. The van der Waals surface area contributed by atoms with Crippen LogP contribution in [0.4, 0.5) is 5.95 Å². The van der Waals surface area contributed by atoms with Gasteiger partial charge in [-0.25, -0.2) is 9.97 Å². The van der Waals surface area contributed by atoms with Crippen LogP contribution in [0.15, 0.2) is 12.4 Å². The fraction of sp³-hybridized carbons (Fsp3) is 0.773. The largest absolute Gasteiger partial charge is 0.340 e. The molecule has 2 aliphatic heterocycles. The summed E-state index contributed by atoms with van der Waals surface area (Å²) in [6.07, 6.45) is 6.19. The Balaban J connectivity index is 1.60. The van der Waals surface area contributed by atoms with Gasteiger partial charge in [0.1, 0.15) is 0 Å². The first-order valence-corrected chi connectivity index (χ1v) is 11.2. The maximum Gasteiger partial charge on any atom is 0.225 e. The van der Waals surface area contributed by atoms with E-state index in [1.54, 1.807) is 0 Å². The number of carbonyl (C=O) groups excluding carboxylic acids is 1. The second-order valence-electron chi connectivity index (χ2n) is 8.90. The van der Waals surface area contributed by atoms with E-state index in [-0.39, 0.29) is 11.8 Å². The van der Waals surface area contributed by atoms with E-state index in [0.717, 1.165) is 70.2 Å². The van der Waals surface area contributed by atoms with Gasteiger partial charge >= 0.3 is 0 Å². The highest BCUT2D eigenvalue weighted by Gasteiger charge is 2.32. The zero-order chi connectivity index (χ0) is 21.0. The van der Waals surface area contributed by atoms with Gasteiger partial charge in [0.15, 0.2) is 0 Å². The molecule has 0 aliphatic carbocycles. The Kier molecular flexibility index (Phi) is 7.46. The van der Waals surface area contributed by atoms with Crippen LogP contribution in [-0.2, 0) is 11.3 Å². The van der Waals surface area contributed by atoms with E-state index >= 15 is 0 Å². The van der Waals surface area contributed by atoms with Crippen molar-refractivity contribution in [2.24, 2.45) is 5.92 Å². The topological polar surface area (TPSA) is 55.8 Å². The Morgan fingerprint density at radius 2 is 1.59 bits per heavy atom. The molecule has 0 N–H and O–H groups in total. The van der Waals surface area contributed by atoms with Crippen LogP contribution >= 0.6 is 0 Å². The van der Waals surface area contributed by atoms with Crippen molar-refractivity contribution in [3.8, 4) is 0 Å². The number of carbonyl (C=O) groups is 1. The van der Waals surface area contributed by atoms with E-state index in [2.05, 4.69) is 35.6 Å². The quantitative estimate of drug-likeness (QED) is 0.726. The number of piperazine rings is 2. The Morgan fingerprint density at radius 1 is 1.03 bits per heavy atom. The van der Waals surface area contributed by atoms with Crippen molar-refractivity contribution >= 4 is 11.9 Å². The van der Waals surface area contributed by atoms with Gasteiger partial charge in [0.2, 0.25) is 11.9 Å². The monoisotopic (exact) mass is 402 g/mol. The van der Waals surface area contributed by atoms with E-state index in [1.807, 2.05) is 31.1 Å². The minimum Gasteiger partial charge on any atom is -0.340 e. The second kappa shape index (κ2) is 9.85. The normalized spacial score (nSPS) is 24.3. The lowest BCUT2D eigenvalue weighted by Gasteiger charge is -2.45. The highest BCUT2D eigenvalue weighted by Crippen LogP contribution is 2.24. The van der Waals surface area contributed by atoms with Crippen molar-refractivity contribution in [3.63, 3.8) is 0 Å². The van der Waals surface area contributed by atoms with E-state index in [0.29, 0.717) is 12.1 Å². The van der Waals surface area contributed by atoms with Crippen molar-refractivity contribution in [2.75, 3.05) is 51.2 Å². The number of hydrogen-bond acceptors (Lipinski definition) is 6. The molecule has 2 fully saturated rings. The van der Waals surface area contributed by atoms with Gasteiger partial charge in [0.05, 0.1) is 0 Å². The average molecular weight is 403 g/mol. The standard InChI is InChI=1S/C22H38N6O/c1-6-19-15-25(5)16-20(7-2)28(19)22-23-12-18(13-24-22)14-26-8-10-27(11-9-26)21(29)17(3)4/h12-13,17,19-20H,6-11,14-16H2,1-5H3. The highest BCUT2D eigenvalue weighted by atomic mass is 16.2. The Labute approximate surface area is 176 Å². The summed E-state index contributed by atoms with van der Waals surface area (Å²) in [7, 11) is 2.21. The summed E-state index contributed by atoms with van der Waals surface area (Å²) in [5, 5.41) is 0. The minimum absolute atomic E-state index is 0.0796. The molecule has 0 radical (unpaired) electrons. The molecule has 29 heavy (non-hydrogen) atoms. The smallest absolute Gasteiger partial charge is 0.225 e. The molecule has 2 saturated heterocycles. The lowest BCUT2D eigenvalue weighted by Crippen LogP contribution is -2.58. The lowest BCUT2D eigenvalue weighted by atomic mass is 10.0. The molecule has 0 saturated carbocycles. The zero-order valence-electron chi connectivity index (χ0n) is 18.8. The molecule has 0 spiro atoms. The second-order valence-corrected chi connectivity index (χ2v) is 8.90. The number of aromatic nitrogens is 2. The third-order valence-corrected chi connectivity index (χ3v) is 6.28. The van der Waals surface area contributed by atoms with E-state index in [1.165, 1.54) is 0 Å². The Morgan fingerprint density at radius 3 is 2.07 bits per heavy atom. The van der Waals surface area contributed by atoms with Gasteiger partial charge in [-0.05, 0) is 19.9 Å². The van der Waals surface area contributed by atoms with Crippen LogP contribution < -0.4 is 4.90 Å². The molecule has 3 heterocycles. The first-order chi connectivity index (χ1) is 13.9. The molecular formula is C22H38N6O. The lowest BCUT2D eigenvalue weighted by molar-refractivity contribution is -0.136. The Hall–Kier alpha value is -1.73. The average Bonchev–Trinajstić information content (AvgIpc) is 2.73. The number of amides is 1. The SMILES string of the molecule is CCC1CN(C)CC(CC)N1c1ncc(CN2CCN(C(=O)C(C)C)CC2)cn1. The molecule has 2 atom stereocenters. The molecule has 2 aliphatic rings. The van der Waals surface area contributed by atoms with E-state index in [4.69, 9.17) is 9.97 Å². The zero-order valence-corrected chi connectivity index (χ0v) is 18.8. The molecule has 162 valence electrons. The molecule has 0 aromatic carbocycles. The summed E-state index contributed by atoms with van der Waals surface area (Å²) in [5.41, 5.74) is 1.15.